The summed E-state index contributed by atoms with van der Waals surface area (Å²) in [5, 5.41) is 6.08. The van der Waals surface area contributed by atoms with Crippen LogP contribution >= 0.6 is 0 Å². The Morgan fingerprint density at radius 1 is 1.00 bits per heavy atom. The Labute approximate surface area is 181 Å². The Balaban J connectivity index is 1.45. The number of pyridine rings is 1. The van der Waals surface area contributed by atoms with Gasteiger partial charge in [0.15, 0.2) is 0 Å². The van der Waals surface area contributed by atoms with E-state index in [2.05, 4.69) is 25.5 Å². The van der Waals surface area contributed by atoms with Crippen LogP contribution in [0.2, 0.25) is 0 Å². The van der Waals surface area contributed by atoms with Gasteiger partial charge >= 0.3 is 0 Å². The Hall–Kier alpha value is -3.68. The molecule has 160 valence electrons. The number of benzene rings is 1. The second-order valence-electron chi connectivity index (χ2n) is 7.74. The van der Waals surface area contributed by atoms with Crippen molar-refractivity contribution < 1.29 is 4.79 Å². The summed E-state index contributed by atoms with van der Waals surface area (Å²) in [6.07, 6.45) is 5.21. The Morgan fingerprint density at radius 2 is 1.71 bits per heavy atom. The molecule has 1 aliphatic rings. The Kier molecular flexibility index (Phi) is 5.97. The molecule has 3 aromatic rings. The van der Waals surface area contributed by atoms with Crippen molar-refractivity contribution in [2.75, 3.05) is 28.6 Å². The number of carbonyl (C=O) groups is 1. The van der Waals surface area contributed by atoms with Gasteiger partial charge in [-0.15, -0.1) is 0 Å². The number of carbonyl (C=O) groups excluding carboxylic acids is 1. The summed E-state index contributed by atoms with van der Waals surface area (Å²) < 4.78 is 1.38. The number of anilines is 4. The molecular weight excluding hydrogens is 392 g/mol. The zero-order chi connectivity index (χ0) is 21.8. The van der Waals surface area contributed by atoms with E-state index in [0.29, 0.717) is 5.69 Å². The molecule has 2 aromatic heterocycles. The highest BCUT2D eigenvalue weighted by Gasteiger charge is 2.15. The highest BCUT2D eigenvalue weighted by molar-refractivity contribution is 6.04. The molecule has 8 nitrogen and oxygen atoms in total. The van der Waals surface area contributed by atoms with E-state index in [4.69, 9.17) is 0 Å². The highest BCUT2D eigenvalue weighted by atomic mass is 16.2. The minimum atomic E-state index is -0.431. The predicted octanol–water partition coefficient (Wildman–Crippen LogP) is 3.47. The summed E-state index contributed by atoms with van der Waals surface area (Å²) in [5.41, 5.74) is 2.13. The first-order valence-electron chi connectivity index (χ1n) is 10.4. The molecule has 0 atom stereocenters. The molecular formula is C23H26N6O2. The smallest absolute Gasteiger partial charge is 0.263 e. The van der Waals surface area contributed by atoms with E-state index in [9.17, 15) is 9.59 Å². The molecule has 2 N–H and O–H groups in total. The summed E-state index contributed by atoms with van der Waals surface area (Å²) >= 11 is 0. The van der Waals surface area contributed by atoms with Crippen LogP contribution < -0.4 is 21.1 Å². The zero-order valence-electron chi connectivity index (χ0n) is 17.8. The zero-order valence-corrected chi connectivity index (χ0v) is 17.8. The first kappa shape index (κ1) is 20.6. The van der Waals surface area contributed by atoms with Gasteiger partial charge in [-0.05, 0) is 62.6 Å². The molecule has 0 bridgehead atoms. The molecule has 0 radical (unpaired) electrons. The summed E-state index contributed by atoms with van der Waals surface area (Å²) in [7, 11) is 1.62. The molecule has 0 saturated carbocycles. The first-order chi connectivity index (χ1) is 15.0. The summed E-state index contributed by atoms with van der Waals surface area (Å²) in [5.74, 6) is 1.06. The fourth-order valence-electron chi connectivity index (χ4n) is 3.61. The molecule has 1 fully saturated rings. The van der Waals surface area contributed by atoms with Crippen molar-refractivity contribution in [3.8, 4) is 0 Å². The van der Waals surface area contributed by atoms with Crippen molar-refractivity contribution in [2.24, 2.45) is 7.05 Å². The van der Waals surface area contributed by atoms with Crippen LogP contribution in [0.4, 0.5) is 23.1 Å². The molecule has 0 spiro atoms. The molecule has 0 unspecified atom stereocenters. The van der Waals surface area contributed by atoms with Gasteiger partial charge in [0.05, 0.1) is 0 Å². The molecule has 1 saturated heterocycles. The Bertz CT molecular complexity index is 1130. The van der Waals surface area contributed by atoms with Crippen LogP contribution in [0, 0.1) is 6.92 Å². The van der Waals surface area contributed by atoms with Crippen molar-refractivity contribution in [3.63, 3.8) is 0 Å². The fourth-order valence-corrected chi connectivity index (χ4v) is 3.61. The van der Waals surface area contributed by atoms with Crippen LogP contribution in [0.3, 0.4) is 0 Å². The monoisotopic (exact) mass is 418 g/mol. The quantitative estimate of drug-likeness (QED) is 0.659. The highest BCUT2D eigenvalue weighted by Crippen LogP contribution is 2.22. The van der Waals surface area contributed by atoms with Gasteiger partial charge < -0.3 is 20.1 Å². The van der Waals surface area contributed by atoms with Crippen LogP contribution in [-0.2, 0) is 7.05 Å². The van der Waals surface area contributed by atoms with Gasteiger partial charge in [0, 0.05) is 49.5 Å². The van der Waals surface area contributed by atoms with E-state index < -0.39 is 5.91 Å². The van der Waals surface area contributed by atoms with Crippen molar-refractivity contribution in [3.05, 3.63) is 70.3 Å². The number of aromatic nitrogens is 3. The third-order valence-corrected chi connectivity index (χ3v) is 5.26. The van der Waals surface area contributed by atoms with Crippen molar-refractivity contribution in [2.45, 2.75) is 26.2 Å². The second-order valence-corrected chi connectivity index (χ2v) is 7.74. The van der Waals surface area contributed by atoms with E-state index in [-0.39, 0.29) is 11.1 Å². The number of hydrogen-bond donors (Lipinski definition) is 2. The molecule has 31 heavy (non-hydrogen) atoms. The van der Waals surface area contributed by atoms with Gasteiger partial charge in [0.25, 0.3) is 11.5 Å². The van der Waals surface area contributed by atoms with Gasteiger partial charge in [-0.25, -0.2) is 4.98 Å². The van der Waals surface area contributed by atoms with Crippen LogP contribution in [0.5, 0.6) is 0 Å². The average molecular weight is 419 g/mol. The SMILES string of the molecule is Cc1cc(Nc2ccc(NC(=O)c3cccn(C)c3=O)cc2)nc(N2CCCCC2)n1. The van der Waals surface area contributed by atoms with Gasteiger partial charge in [-0.1, -0.05) is 0 Å². The van der Waals surface area contributed by atoms with Crippen LogP contribution in [-0.4, -0.2) is 33.5 Å². The first-order valence-corrected chi connectivity index (χ1v) is 10.4. The maximum Gasteiger partial charge on any atom is 0.263 e. The molecule has 1 aliphatic heterocycles. The van der Waals surface area contributed by atoms with Gasteiger partial charge in [-0.3, -0.25) is 9.59 Å². The van der Waals surface area contributed by atoms with Crippen molar-refractivity contribution >= 4 is 29.0 Å². The molecule has 8 heteroatoms. The van der Waals surface area contributed by atoms with Gasteiger partial charge in [0.2, 0.25) is 5.95 Å². The lowest BCUT2D eigenvalue weighted by Crippen LogP contribution is -2.31. The standard InChI is InChI=1S/C23H26N6O2/c1-16-15-20(27-23(24-16)29-13-4-3-5-14-29)25-17-8-10-18(11-9-17)26-21(30)19-7-6-12-28(2)22(19)31/h6-12,15H,3-5,13-14H2,1-2H3,(H,26,30)(H,24,25,27). The number of nitrogens with zero attached hydrogens (tertiary/aromatic N) is 4. The van der Waals surface area contributed by atoms with E-state index in [1.54, 1.807) is 31.4 Å². The minimum absolute atomic E-state index is 0.105. The molecule has 4 rings (SSSR count). The van der Waals surface area contributed by atoms with Crippen molar-refractivity contribution in [1.82, 2.24) is 14.5 Å². The number of aryl methyl sites for hydroxylation is 2. The topological polar surface area (TPSA) is 92.1 Å². The average Bonchev–Trinajstić information content (AvgIpc) is 2.77. The largest absolute Gasteiger partial charge is 0.341 e. The third kappa shape index (κ3) is 4.91. The van der Waals surface area contributed by atoms with Crippen LogP contribution in [0.25, 0.3) is 0 Å². The fraction of sp³-hybridized carbons (Fsp3) is 0.304. The lowest BCUT2D eigenvalue weighted by Gasteiger charge is -2.27. The minimum Gasteiger partial charge on any atom is -0.341 e. The molecule has 0 aliphatic carbocycles. The number of amides is 1. The van der Waals surface area contributed by atoms with E-state index >= 15 is 0 Å². The van der Waals surface area contributed by atoms with Gasteiger partial charge in [0.1, 0.15) is 11.4 Å². The summed E-state index contributed by atoms with van der Waals surface area (Å²) in [6, 6.07) is 12.4. The third-order valence-electron chi connectivity index (χ3n) is 5.26. The maximum absolute atomic E-state index is 12.4. The number of hydrogen-bond acceptors (Lipinski definition) is 6. The predicted molar refractivity (Wildman–Crippen MR) is 122 cm³/mol. The van der Waals surface area contributed by atoms with Gasteiger partial charge in [-0.2, -0.15) is 4.98 Å². The number of piperidine rings is 1. The normalized spacial score (nSPS) is 13.7. The summed E-state index contributed by atoms with van der Waals surface area (Å²) in [4.78, 5) is 36.0. The van der Waals surface area contributed by atoms with E-state index in [1.807, 2.05) is 25.1 Å². The number of nitrogens with one attached hydrogen (secondary N) is 2. The lowest BCUT2D eigenvalue weighted by atomic mass is 10.1. The number of rotatable bonds is 5. The van der Waals surface area contributed by atoms with Crippen LogP contribution in [0.1, 0.15) is 35.3 Å². The van der Waals surface area contributed by atoms with Crippen LogP contribution in [0.15, 0.2) is 53.5 Å². The lowest BCUT2D eigenvalue weighted by molar-refractivity contribution is 0.102. The molecule has 3 heterocycles. The molecule has 1 amide bonds. The second kappa shape index (κ2) is 8.99. The summed E-state index contributed by atoms with van der Waals surface area (Å²) in [6.45, 7) is 3.94. The van der Waals surface area contributed by atoms with Crippen molar-refractivity contribution in [1.29, 1.82) is 0 Å². The Morgan fingerprint density at radius 3 is 2.45 bits per heavy atom. The van der Waals surface area contributed by atoms with E-state index in [0.717, 1.165) is 36.2 Å². The molecule has 1 aromatic carbocycles. The van der Waals surface area contributed by atoms with E-state index in [1.165, 1.54) is 29.9 Å². The maximum atomic E-state index is 12.4.